The van der Waals surface area contributed by atoms with Crippen LogP contribution in [0.4, 0.5) is 0 Å². The Morgan fingerprint density at radius 2 is 1.81 bits per heavy atom. The first-order valence-corrected chi connectivity index (χ1v) is 12.1. The number of likely N-dealkylation sites (N-methyl/N-ethyl adjacent to an activating group) is 1. The topological polar surface area (TPSA) is 78.2 Å². The Morgan fingerprint density at radius 1 is 1.06 bits per heavy atom. The fourth-order valence-electron chi connectivity index (χ4n) is 3.88. The Kier molecular flexibility index (Phi) is 6.32. The van der Waals surface area contributed by atoms with Gasteiger partial charge in [-0.05, 0) is 49.2 Å². The normalized spacial score (nSPS) is 15.6. The van der Waals surface area contributed by atoms with Crippen LogP contribution in [-0.4, -0.2) is 77.6 Å². The van der Waals surface area contributed by atoms with Gasteiger partial charge in [0.25, 0.3) is 0 Å². The highest BCUT2D eigenvalue weighted by Crippen LogP contribution is 2.18. The van der Waals surface area contributed by atoms with E-state index in [1.54, 1.807) is 23.1 Å². The van der Waals surface area contributed by atoms with Crippen LogP contribution in [0.1, 0.15) is 16.8 Å². The van der Waals surface area contributed by atoms with Crippen LogP contribution in [0, 0.1) is 13.8 Å². The van der Waals surface area contributed by atoms with Gasteiger partial charge in [-0.15, -0.1) is 0 Å². The second-order valence-electron chi connectivity index (χ2n) is 8.36. The molecular formula is C23H29N5O3S. The number of rotatable bonds is 6. The molecule has 1 amide bonds. The van der Waals surface area contributed by atoms with Crippen LogP contribution in [-0.2, 0) is 21.4 Å². The summed E-state index contributed by atoms with van der Waals surface area (Å²) in [5.41, 5.74) is 3.86. The van der Waals surface area contributed by atoms with Gasteiger partial charge in [-0.1, -0.05) is 12.1 Å². The quantitative estimate of drug-likeness (QED) is 0.568. The zero-order valence-corrected chi connectivity index (χ0v) is 19.5. The number of carbonyl (C=O) groups is 1. The number of pyridine rings is 1. The number of hydrogen-bond acceptors (Lipinski definition) is 5. The number of benzene rings is 1. The van der Waals surface area contributed by atoms with Crippen LogP contribution in [0.15, 0.2) is 53.7 Å². The number of fused-ring (bicyclic) bond motifs is 1. The van der Waals surface area contributed by atoms with Gasteiger partial charge in [-0.25, -0.2) is 13.4 Å². The zero-order chi connectivity index (χ0) is 22.9. The Labute approximate surface area is 189 Å². The number of nitrogens with zero attached hydrogens (tertiary/aromatic N) is 5. The maximum absolute atomic E-state index is 12.9. The third-order valence-electron chi connectivity index (χ3n) is 6.07. The summed E-state index contributed by atoms with van der Waals surface area (Å²) in [6.45, 7) is 6.99. The molecule has 0 atom stereocenters. The highest BCUT2D eigenvalue weighted by Gasteiger charge is 2.27. The molecule has 0 aliphatic carbocycles. The molecule has 0 unspecified atom stereocenters. The second kappa shape index (κ2) is 9.01. The van der Waals surface area contributed by atoms with Crippen molar-refractivity contribution in [2.45, 2.75) is 25.3 Å². The first kappa shape index (κ1) is 22.4. The van der Waals surface area contributed by atoms with Crippen LogP contribution < -0.4 is 0 Å². The van der Waals surface area contributed by atoms with E-state index in [-0.39, 0.29) is 17.3 Å². The predicted octanol–water partition coefficient (Wildman–Crippen LogP) is 1.92. The molecule has 3 heterocycles. The molecule has 0 N–H and O–H groups in total. The van der Waals surface area contributed by atoms with Gasteiger partial charge in [0.1, 0.15) is 5.65 Å². The summed E-state index contributed by atoms with van der Waals surface area (Å²) in [4.78, 5) is 21.6. The lowest BCUT2D eigenvalue weighted by Gasteiger charge is -2.35. The van der Waals surface area contributed by atoms with Crippen LogP contribution in [0.5, 0.6) is 0 Å². The Balaban J connectivity index is 1.32. The Hall–Kier alpha value is -2.75. The first-order valence-electron chi connectivity index (χ1n) is 10.7. The van der Waals surface area contributed by atoms with Crippen LogP contribution in [0.3, 0.4) is 0 Å². The summed E-state index contributed by atoms with van der Waals surface area (Å²) in [6, 6.07) is 11.0. The zero-order valence-electron chi connectivity index (χ0n) is 18.7. The lowest BCUT2D eigenvalue weighted by Crippen LogP contribution is -2.51. The SMILES string of the molecule is Cc1ccc(S(=O)(=O)N(C)CC(=O)N2CCN(Cc3cn4ccccc4n3)CC2)cc1C. The molecule has 4 rings (SSSR count). The number of carbonyl (C=O) groups excluding carboxylic acids is 1. The van der Waals surface area contributed by atoms with E-state index in [2.05, 4.69) is 9.88 Å². The maximum atomic E-state index is 12.9. The molecule has 2 aromatic heterocycles. The van der Waals surface area contributed by atoms with Gasteiger partial charge in [0.15, 0.2) is 0 Å². The average molecular weight is 456 g/mol. The lowest BCUT2D eigenvalue weighted by atomic mass is 10.1. The van der Waals surface area contributed by atoms with E-state index in [0.29, 0.717) is 13.1 Å². The minimum atomic E-state index is -3.71. The summed E-state index contributed by atoms with van der Waals surface area (Å²) in [7, 11) is -2.25. The molecule has 1 fully saturated rings. The molecule has 32 heavy (non-hydrogen) atoms. The first-order chi connectivity index (χ1) is 15.2. The van der Waals surface area contributed by atoms with Gasteiger partial charge >= 0.3 is 0 Å². The van der Waals surface area contributed by atoms with Gasteiger partial charge in [0.2, 0.25) is 15.9 Å². The highest BCUT2D eigenvalue weighted by atomic mass is 32.2. The largest absolute Gasteiger partial charge is 0.339 e. The van der Waals surface area contributed by atoms with Crippen molar-refractivity contribution in [3.05, 3.63) is 65.6 Å². The Bertz CT molecular complexity index is 1200. The smallest absolute Gasteiger partial charge is 0.243 e. The molecule has 0 bridgehead atoms. The van der Waals surface area contributed by atoms with Gasteiger partial charge in [-0.2, -0.15) is 4.31 Å². The molecule has 1 aromatic carbocycles. The number of sulfonamides is 1. The highest BCUT2D eigenvalue weighted by molar-refractivity contribution is 7.89. The average Bonchev–Trinajstić information content (AvgIpc) is 3.18. The monoisotopic (exact) mass is 455 g/mol. The molecule has 1 aliphatic heterocycles. The molecule has 0 radical (unpaired) electrons. The van der Waals surface area contributed by atoms with E-state index in [0.717, 1.165) is 46.4 Å². The number of piperazine rings is 1. The molecule has 1 aliphatic rings. The van der Waals surface area contributed by atoms with Crippen LogP contribution in [0.2, 0.25) is 0 Å². The molecular weight excluding hydrogens is 426 g/mol. The van der Waals surface area contributed by atoms with Crippen molar-refractivity contribution < 1.29 is 13.2 Å². The van der Waals surface area contributed by atoms with Crippen molar-refractivity contribution in [2.24, 2.45) is 0 Å². The van der Waals surface area contributed by atoms with Crippen molar-refractivity contribution >= 4 is 21.6 Å². The van der Waals surface area contributed by atoms with E-state index >= 15 is 0 Å². The molecule has 9 heteroatoms. The summed E-state index contributed by atoms with van der Waals surface area (Å²) >= 11 is 0. The van der Waals surface area contributed by atoms with E-state index in [4.69, 9.17) is 0 Å². The van der Waals surface area contributed by atoms with Crippen molar-refractivity contribution in [3.63, 3.8) is 0 Å². The standard InChI is InChI=1S/C23H29N5O3S/c1-18-7-8-21(14-19(18)2)32(30,31)25(3)17-23(29)27-12-10-26(11-13-27)15-20-16-28-9-5-4-6-22(28)24-20/h4-9,14,16H,10-13,15,17H2,1-3H3. The number of aryl methyl sites for hydroxylation is 2. The summed E-state index contributed by atoms with van der Waals surface area (Å²) in [6.07, 6.45) is 4.00. The lowest BCUT2D eigenvalue weighted by molar-refractivity contribution is -0.133. The van der Waals surface area contributed by atoms with Gasteiger partial charge < -0.3 is 9.30 Å². The Morgan fingerprint density at radius 3 is 2.50 bits per heavy atom. The van der Waals surface area contributed by atoms with Crippen molar-refractivity contribution in [3.8, 4) is 0 Å². The van der Waals surface area contributed by atoms with E-state index in [1.165, 1.54) is 7.05 Å². The summed E-state index contributed by atoms with van der Waals surface area (Å²) in [5, 5.41) is 0. The van der Waals surface area contributed by atoms with E-state index < -0.39 is 10.0 Å². The van der Waals surface area contributed by atoms with Gasteiger partial charge in [-0.3, -0.25) is 9.69 Å². The summed E-state index contributed by atoms with van der Waals surface area (Å²) < 4.78 is 28.9. The fraction of sp³-hybridized carbons (Fsp3) is 0.391. The number of amides is 1. The number of aromatic nitrogens is 2. The van der Waals surface area contributed by atoms with Crippen LogP contribution in [0.25, 0.3) is 5.65 Å². The predicted molar refractivity (Wildman–Crippen MR) is 123 cm³/mol. The second-order valence-corrected chi connectivity index (χ2v) is 10.4. The molecule has 8 nitrogen and oxygen atoms in total. The molecule has 1 saturated heterocycles. The van der Waals surface area contributed by atoms with E-state index in [1.807, 2.05) is 48.8 Å². The molecule has 170 valence electrons. The summed E-state index contributed by atoms with van der Waals surface area (Å²) in [5.74, 6) is -0.174. The number of imidazole rings is 1. The van der Waals surface area contributed by atoms with Crippen molar-refractivity contribution in [1.82, 2.24) is 23.5 Å². The molecule has 3 aromatic rings. The minimum Gasteiger partial charge on any atom is -0.339 e. The van der Waals surface area contributed by atoms with Gasteiger partial charge in [0, 0.05) is 52.2 Å². The molecule has 0 saturated carbocycles. The van der Waals surface area contributed by atoms with Crippen molar-refractivity contribution in [1.29, 1.82) is 0 Å². The van der Waals surface area contributed by atoms with Crippen LogP contribution >= 0.6 is 0 Å². The third-order valence-corrected chi connectivity index (χ3v) is 7.87. The van der Waals surface area contributed by atoms with E-state index in [9.17, 15) is 13.2 Å². The molecule has 0 spiro atoms. The third kappa shape index (κ3) is 4.69. The van der Waals surface area contributed by atoms with Gasteiger partial charge in [0.05, 0.1) is 17.1 Å². The maximum Gasteiger partial charge on any atom is 0.243 e. The number of hydrogen-bond donors (Lipinski definition) is 0. The fourth-order valence-corrected chi connectivity index (χ4v) is 5.08. The minimum absolute atomic E-state index is 0.165. The van der Waals surface area contributed by atoms with Crippen molar-refractivity contribution in [2.75, 3.05) is 39.8 Å².